The fourth-order valence-electron chi connectivity index (χ4n) is 7.86. The van der Waals surface area contributed by atoms with Crippen LogP contribution in [-0.2, 0) is 39.4 Å². The summed E-state index contributed by atoms with van der Waals surface area (Å²) in [7, 11) is 5.30. The Kier molecular flexibility index (Phi) is 5.01. The number of hydrogen-bond donors (Lipinski definition) is 0. The van der Waals surface area contributed by atoms with E-state index >= 15 is 0 Å². The fourth-order valence-corrected chi connectivity index (χ4v) is 7.86. The van der Waals surface area contributed by atoms with Crippen molar-refractivity contribution < 1.29 is 38.0 Å². The molecule has 2 saturated carbocycles. The van der Waals surface area contributed by atoms with Crippen LogP contribution in [0.3, 0.4) is 0 Å². The van der Waals surface area contributed by atoms with Crippen LogP contribution in [0.2, 0.25) is 0 Å². The summed E-state index contributed by atoms with van der Waals surface area (Å²) >= 11 is 0. The van der Waals surface area contributed by atoms with E-state index in [1.807, 2.05) is 6.07 Å². The molecular weight excluding hydrogens is 442 g/mol. The average molecular weight is 474 g/mol. The number of nitrogens with zero attached hydrogens (tertiary/aromatic N) is 1. The van der Waals surface area contributed by atoms with E-state index in [0.29, 0.717) is 50.8 Å². The largest absolute Gasteiger partial charge is 0.493 e. The number of hydrogen-bond acceptors (Lipinski definition) is 9. The third-order valence-electron chi connectivity index (χ3n) is 8.65. The molecule has 2 heterocycles. The lowest BCUT2D eigenvalue weighted by molar-refractivity contribution is -0.202. The van der Waals surface area contributed by atoms with Crippen LogP contribution in [0.5, 0.6) is 11.5 Å². The van der Waals surface area contributed by atoms with Crippen LogP contribution in [0.4, 0.5) is 0 Å². The zero-order chi connectivity index (χ0) is 23.7. The molecule has 1 aromatic rings. The summed E-state index contributed by atoms with van der Waals surface area (Å²) in [5, 5.41) is 0. The predicted molar refractivity (Wildman–Crippen MR) is 118 cm³/mol. The standard InChI is InChI=1S/C25H31NO8/c1-26-14-23-13-24-19-15(23)4-5-17(30-3)20(19)33-21(24)16(27)6-7-25(24,22(23)26)34-18(28)12-32-11-10-31-9-8-29-2/h4-5,21-22H,6-14H2,1-3H3. The Labute approximate surface area is 198 Å². The van der Waals surface area contributed by atoms with Gasteiger partial charge in [0.2, 0.25) is 0 Å². The van der Waals surface area contributed by atoms with Gasteiger partial charge in [0.05, 0.1) is 45.0 Å². The van der Waals surface area contributed by atoms with Gasteiger partial charge in [-0.1, -0.05) is 6.07 Å². The Balaban J connectivity index is 1.30. The number of esters is 1. The molecular formula is C25H31NO8. The van der Waals surface area contributed by atoms with Crippen molar-refractivity contribution in [2.45, 2.75) is 47.8 Å². The smallest absolute Gasteiger partial charge is 0.332 e. The van der Waals surface area contributed by atoms with Gasteiger partial charge in [-0.3, -0.25) is 9.69 Å². The number of carbonyl (C=O) groups excluding carboxylic acids is 2. The van der Waals surface area contributed by atoms with Crippen LogP contribution >= 0.6 is 0 Å². The lowest BCUT2D eigenvalue weighted by Gasteiger charge is -2.61. The molecule has 34 heavy (non-hydrogen) atoms. The first kappa shape index (κ1) is 22.3. The van der Waals surface area contributed by atoms with E-state index in [2.05, 4.69) is 18.0 Å². The van der Waals surface area contributed by atoms with Gasteiger partial charge in [0, 0.05) is 31.1 Å². The van der Waals surface area contributed by atoms with Gasteiger partial charge in [-0.2, -0.15) is 0 Å². The number of ketones is 1. The van der Waals surface area contributed by atoms with Gasteiger partial charge in [0.25, 0.3) is 0 Å². The Bertz CT molecular complexity index is 1040. The summed E-state index contributed by atoms with van der Waals surface area (Å²) in [6.45, 7) is 2.37. The molecule has 0 aromatic heterocycles. The van der Waals surface area contributed by atoms with Gasteiger partial charge in [-0.15, -0.1) is 0 Å². The van der Waals surface area contributed by atoms with Crippen LogP contribution in [0.25, 0.3) is 0 Å². The first-order valence-electron chi connectivity index (χ1n) is 11.9. The highest BCUT2D eigenvalue weighted by Gasteiger charge is 2.87. The second-order valence-corrected chi connectivity index (χ2v) is 10.1. The highest BCUT2D eigenvalue weighted by atomic mass is 16.6. The van der Waals surface area contributed by atoms with Crippen molar-refractivity contribution in [3.05, 3.63) is 23.3 Å². The summed E-state index contributed by atoms with van der Waals surface area (Å²) in [4.78, 5) is 28.6. The van der Waals surface area contributed by atoms with Gasteiger partial charge in [0.15, 0.2) is 23.4 Å². The van der Waals surface area contributed by atoms with E-state index in [1.54, 1.807) is 14.2 Å². The van der Waals surface area contributed by atoms with E-state index in [0.717, 1.165) is 18.5 Å². The van der Waals surface area contributed by atoms with Crippen molar-refractivity contribution in [2.24, 2.45) is 0 Å². The maximum atomic E-state index is 13.2. The zero-order valence-corrected chi connectivity index (χ0v) is 19.9. The van der Waals surface area contributed by atoms with Crippen molar-refractivity contribution >= 4 is 11.8 Å². The average Bonchev–Trinajstić information content (AvgIpc) is 3.38. The third-order valence-corrected chi connectivity index (χ3v) is 8.65. The molecule has 3 fully saturated rings. The molecule has 2 spiro atoms. The molecule has 5 unspecified atom stereocenters. The molecule has 184 valence electrons. The maximum absolute atomic E-state index is 13.2. The van der Waals surface area contributed by atoms with Crippen LogP contribution in [0, 0.1) is 0 Å². The minimum absolute atomic E-state index is 0.00683. The highest BCUT2D eigenvalue weighted by Crippen LogP contribution is 2.78. The SMILES string of the molecule is COCCOCCOCC(=O)OC12CCC(=O)C3Oc4c(OC)ccc5c4C31CC51CN(C)C12. The summed E-state index contributed by atoms with van der Waals surface area (Å²) in [5.74, 6) is 0.928. The van der Waals surface area contributed by atoms with Gasteiger partial charge in [-0.05, 0) is 31.5 Å². The number of Topliss-reactive ketones (excluding diaryl/α,β-unsaturated/α-hetero) is 1. The first-order chi connectivity index (χ1) is 16.4. The molecule has 5 aliphatic rings. The quantitative estimate of drug-likeness (QED) is 0.364. The molecule has 1 saturated heterocycles. The molecule has 6 rings (SSSR count). The van der Waals surface area contributed by atoms with Crippen molar-refractivity contribution in [1.82, 2.24) is 4.90 Å². The van der Waals surface area contributed by atoms with Crippen LogP contribution in [0.15, 0.2) is 12.1 Å². The molecule has 9 nitrogen and oxygen atoms in total. The number of carbonyl (C=O) groups is 2. The zero-order valence-electron chi connectivity index (χ0n) is 19.9. The lowest BCUT2D eigenvalue weighted by Crippen LogP contribution is -2.76. The molecule has 3 aliphatic carbocycles. The Morgan fingerprint density at radius 1 is 1.18 bits per heavy atom. The van der Waals surface area contributed by atoms with Crippen molar-refractivity contribution in [2.75, 3.05) is 60.8 Å². The van der Waals surface area contributed by atoms with E-state index in [-0.39, 0.29) is 23.8 Å². The molecule has 2 aliphatic heterocycles. The van der Waals surface area contributed by atoms with Gasteiger partial charge in [-0.25, -0.2) is 4.79 Å². The van der Waals surface area contributed by atoms with E-state index in [9.17, 15) is 9.59 Å². The van der Waals surface area contributed by atoms with Crippen LogP contribution in [-0.4, -0.2) is 95.2 Å². The number of likely N-dealkylation sites (N-methyl/N-ethyl adjacent to an activating group) is 1. The highest BCUT2D eigenvalue weighted by molar-refractivity contribution is 5.92. The summed E-state index contributed by atoms with van der Waals surface area (Å²) in [6.07, 6.45) is 0.903. The Morgan fingerprint density at radius 3 is 2.74 bits per heavy atom. The second kappa shape index (κ2) is 7.65. The monoisotopic (exact) mass is 473 g/mol. The van der Waals surface area contributed by atoms with E-state index in [1.165, 1.54) is 5.56 Å². The van der Waals surface area contributed by atoms with Crippen LogP contribution in [0.1, 0.15) is 30.4 Å². The molecule has 0 N–H and O–H groups in total. The second-order valence-electron chi connectivity index (χ2n) is 10.1. The van der Waals surface area contributed by atoms with Crippen LogP contribution < -0.4 is 9.47 Å². The van der Waals surface area contributed by atoms with E-state index < -0.39 is 23.1 Å². The van der Waals surface area contributed by atoms with Crippen molar-refractivity contribution in [3.63, 3.8) is 0 Å². The normalized spacial score (nSPS) is 36.0. The molecule has 1 aromatic carbocycles. The van der Waals surface area contributed by atoms with Gasteiger partial charge in [0.1, 0.15) is 12.2 Å². The number of likely N-dealkylation sites (tertiary alicyclic amines) is 1. The summed E-state index contributed by atoms with van der Waals surface area (Å²) in [5.41, 5.74) is 0.581. The topological polar surface area (TPSA) is 92.8 Å². The Hall–Kier alpha value is -2.20. The van der Waals surface area contributed by atoms with Gasteiger partial charge >= 0.3 is 5.97 Å². The third kappa shape index (κ3) is 2.53. The van der Waals surface area contributed by atoms with Crippen molar-refractivity contribution in [1.29, 1.82) is 0 Å². The lowest BCUT2D eigenvalue weighted by atomic mass is 9.55. The molecule has 0 amide bonds. The molecule has 5 atom stereocenters. The van der Waals surface area contributed by atoms with Crippen molar-refractivity contribution in [3.8, 4) is 11.5 Å². The van der Waals surface area contributed by atoms with Gasteiger partial charge < -0.3 is 28.4 Å². The number of ether oxygens (including phenoxy) is 6. The minimum atomic E-state index is -0.835. The summed E-state index contributed by atoms with van der Waals surface area (Å²) in [6, 6.07) is 4.07. The van der Waals surface area contributed by atoms with E-state index in [4.69, 9.17) is 28.4 Å². The summed E-state index contributed by atoms with van der Waals surface area (Å²) < 4.78 is 34.2. The molecule has 9 heteroatoms. The molecule has 0 radical (unpaired) electrons. The minimum Gasteiger partial charge on any atom is -0.493 e. The number of methoxy groups -OCH3 is 2. The number of rotatable bonds is 10. The maximum Gasteiger partial charge on any atom is 0.332 e. The Morgan fingerprint density at radius 2 is 1.97 bits per heavy atom. The predicted octanol–water partition coefficient (Wildman–Crippen LogP) is 0.988. The molecule has 2 bridgehead atoms. The number of benzene rings is 1. The number of fused-ring (bicyclic) bond motifs is 1. The fraction of sp³-hybridized carbons (Fsp3) is 0.680. The first-order valence-corrected chi connectivity index (χ1v) is 11.9.